The largest absolute Gasteiger partial charge is 0.461 e. The normalized spacial score (nSPS) is 23.0. The Bertz CT molecular complexity index is 1400. The van der Waals surface area contributed by atoms with Crippen LogP contribution in [0, 0.1) is 0 Å². The quantitative estimate of drug-likeness (QED) is 0.532. The maximum absolute atomic E-state index is 13.4. The molecular weight excluding hydrogens is 485 g/mol. The van der Waals surface area contributed by atoms with Crippen LogP contribution in [0.1, 0.15) is 49.6 Å². The van der Waals surface area contributed by atoms with Gasteiger partial charge in [-0.05, 0) is 49.9 Å². The maximum Gasteiger partial charge on any atom is 0.270 e. The van der Waals surface area contributed by atoms with Crippen molar-refractivity contribution < 1.29 is 27.1 Å². The van der Waals surface area contributed by atoms with Gasteiger partial charge in [0, 0.05) is 49.5 Å². The molecule has 0 radical (unpaired) electrons. The molecule has 2 aromatic heterocycles. The molecular formula is C26H30FN3O5S. The zero-order chi connectivity index (χ0) is 25.5. The molecule has 1 aromatic carbocycles. The van der Waals surface area contributed by atoms with E-state index in [1.807, 2.05) is 18.3 Å². The third kappa shape index (κ3) is 5.10. The Morgan fingerprint density at radius 3 is 2.78 bits per heavy atom. The van der Waals surface area contributed by atoms with Crippen LogP contribution in [0.25, 0.3) is 22.0 Å². The third-order valence-corrected chi connectivity index (χ3v) is 8.80. The van der Waals surface area contributed by atoms with E-state index in [2.05, 4.69) is 14.9 Å². The van der Waals surface area contributed by atoms with Gasteiger partial charge in [-0.1, -0.05) is 12.1 Å². The number of nitrogens with one attached hydrogen (secondary N) is 1. The van der Waals surface area contributed by atoms with Crippen molar-refractivity contribution in [3.05, 3.63) is 48.4 Å². The number of alkyl halides is 1. The van der Waals surface area contributed by atoms with Crippen LogP contribution in [-0.4, -0.2) is 60.5 Å². The second-order valence-electron chi connectivity index (χ2n) is 9.93. The van der Waals surface area contributed by atoms with Crippen LogP contribution in [0.3, 0.4) is 0 Å². The van der Waals surface area contributed by atoms with Crippen LogP contribution in [0.2, 0.25) is 0 Å². The van der Waals surface area contributed by atoms with Crippen molar-refractivity contribution in [2.45, 2.75) is 51.0 Å². The highest BCUT2D eigenvalue weighted by Gasteiger charge is 2.39. The average molecular weight is 516 g/mol. The minimum absolute atomic E-state index is 0.0656. The molecule has 1 unspecified atom stereocenters. The Morgan fingerprint density at radius 2 is 2.08 bits per heavy atom. The minimum atomic E-state index is -3.16. The topological polar surface area (TPSA) is 99.5 Å². The predicted molar refractivity (Wildman–Crippen MR) is 135 cm³/mol. The smallest absolute Gasteiger partial charge is 0.270 e. The highest BCUT2D eigenvalue weighted by molar-refractivity contribution is 7.91. The molecule has 4 heterocycles. The van der Waals surface area contributed by atoms with Gasteiger partial charge < -0.3 is 19.4 Å². The lowest BCUT2D eigenvalue weighted by Gasteiger charge is -2.25. The lowest BCUT2D eigenvalue weighted by Crippen LogP contribution is -2.47. The van der Waals surface area contributed by atoms with E-state index in [0.29, 0.717) is 25.4 Å². The molecule has 2 atom stereocenters. The van der Waals surface area contributed by atoms with Gasteiger partial charge in [-0.25, -0.2) is 12.8 Å². The number of pyridine rings is 1. The van der Waals surface area contributed by atoms with E-state index in [0.717, 1.165) is 34.9 Å². The fraction of sp³-hybridized carbons (Fsp3) is 0.462. The summed E-state index contributed by atoms with van der Waals surface area (Å²) in [7, 11) is -3.16. The first kappa shape index (κ1) is 24.7. The number of carbonyl (C=O) groups excluding carboxylic acids is 1. The molecule has 0 aliphatic carbocycles. The lowest BCUT2D eigenvalue weighted by atomic mass is 10.0. The van der Waals surface area contributed by atoms with Gasteiger partial charge in [-0.2, -0.15) is 0 Å². The van der Waals surface area contributed by atoms with Gasteiger partial charge in [0.1, 0.15) is 11.4 Å². The number of ether oxygens (including phenoxy) is 2. The molecule has 192 valence electrons. The molecule has 1 amide bonds. The van der Waals surface area contributed by atoms with E-state index in [-0.39, 0.29) is 23.2 Å². The van der Waals surface area contributed by atoms with E-state index >= 15 is 0 Å². The summed E-state index contributed by atoms with van der Waals surface area (Å²) in [6.45, 7) is 4.40. The number of amides is 1. The van der Waals surface area contributed by atoms with Gasteiger partial charge in [0.2, 0.25) is 6.36 Å². The van der Waals surface area contributed by atoms with Crippen LogP contribution in [-0.2, 0) is 14.6 Å². The molecule has 36 heavy (non-hydrogen) atoms. The molecule has 5 rings (SSSR count). The van der Waals surface area contributed by atoms with Crippen LogP contribution in [0.4, 0.5) is 4.39 Å². The van der Waals surface area contributed by atoms with Crippen LogP contribution < -0.4 is 10.1 Å². The molecule has 10 heteroatoms. The first-order chi connectivity index (χ1) is 17.1. The van der Waals surface area contributed by atoms with E-state index in [9.17, 15) is 17.6 Å². The summed E-state index contributed by atoms with van der Waals surface area (Å²) in [4.78, 5) is 17.6. The molecule has 0 spiro atoms. The summed E-state index contributed by atoms with van der Waals surface area (Å²) < 4.78 is 50.3. The molecule has 8 nitrogen and oxygen atoms in total. The number of carbonyl (C=O) groups is 1. The van der Waals surface area contributed by atoms with E-state index in [1.165, 1.54) is 6.92 Å². The molecule has 1 N–H and O–H groups in total. The number of rotatable bonds is 6. The molecule has 2 aliphatic rings. The molecule has 2 aliphatic heterocycles. The van der Waals surface area contributed by atoms with E-state index in [1.54, 1.807) is 31.3 Å². The highest BCUT2D eigenvalue weighted by atomic mass is 32.2. The van der Waals surface area contributed by atoms with Gasteiger partial charge >= 0.3 is 0 Å². The zero-order valence-electron chi connectivity index (χ0n) is 20.4. The predicted octanol–water partition coefficient (Wildman–Crippen LogP) is 4.06. The van der Waals surface area contributed by atoms with Crippen molar-refractivity contribution in [2.75, 3.05) is 24.7 Å². The molecule has 3 aromatic rings. The molecule has 2 fully saturated rings. The summed E-state index contributed by atoms with van der Waals surface area (Å²) in [6.07, 6.45) is 4.35. The SMILES string of the molecule is CC(F)Oc1cccc(-c2cn(C3CCOCC3)c3cc(C(=O)N[C@@]4(C)CCS(=O)(=O)C4)ncc23)c1. The third-order valence-electron chi connectivity index (χ3n) is 6.90. The van der Waals surface area contributed by atoms with E-state index < -0.39 is 27.6 Å². The van der Waals surface area contributed by atoms with Crippen LogP contribution >= 0.6 is 0 Å². The van der Waals surface area contributed by atoms with Crippen molar-refractivity contribution >= 4 is 26.6 Å². The molecule has 2 saturated heterocycles. The summed E-state index contributed by atoms with van der Waals surface area (Å²) in [5.41, 5.74) is 2.03. The first-order valence-electron chi connectivity index (χ1n) is 12.1. The number of fused-ring (bicyclic) bond motifs is 1. The first-order valence-corrected chi connectivity index (χ1v) is 14.0. The van der Waals surface area contributed by atoms with Crippen LogP contribution in [0.15, 0.2) is 42.7 Å². The summed E-state index contributed by atoms with van der Waals surface area (Å²) in [6, 6.07) is 9.21. The van der Waals surface area contributed by atoms with Crippen LogP contribution in [0.5, 0.6) is 5.75 Å². The number of halogens is 1. The maximum atomic E-state index is 13.4. The van der Waals surface area contributed by atoms with Gasteiger partial charge in [0.25, 0.3) is 5.91 Å². The average Bonchev–Trinajstić information content (AvgIpc) is 3.35. The standard InChI is InChI=1S/C26H30FN3O5S/c1-17(27)35-20-5-3-4-18(12-20)22-15-30(19-6-9-34-10-7-19)24-13-23(28-14-21(22)24)25(31)29-26(2)8-11-36(32,33)16-26/h3-5,12-15,17,19H,6-11,16H2,1-2H3,(H,29,31)/t17?,26-/m0/s1. The number of nitrogens with zero attached hydrogens (tertiary/aromatic N) is 2. The van der Waals surface area contributed by atoms with Crippen molar-refractivity contribution in [1.82, 2.24) is 14.9 Å². The number of hydrogen-bond donors (Lipinski definition) is 1. The Balaban J connectivity index is 1.54. The van der Waals surface area contributed by atoms with Gasteiger partial charge in [-0.15, -0.1) is 0 Å². The highest BCUT2D eigenvalue weighted by Crippen LogP contribution is 2.36. The summed E-state index contributed by atoms with van der Waals surface area (Å²) >= 11 is 0. The van der Waals surface area contributed by atoms with Gasteiger partial charge in [0.15, 0.2) is 9.84 Å². The zero-order valence-corrected chi connectivity index (χ0v) is 21.2. The molecule has 0 saturated carbocycles. The minimum Gasteiger partial charge on any atom is -0.461 e. The summed E-state index contributed by atoms with van der Waals surface area (Å²) in [5.74, 6) is 0.0196. The monoisotopic (exact) mass is 515 g/mol. The fourth-order valence-electron chi connectivity index (χ4n) is 5.14. The second kappa shape index (κ2) is 9.48. The van der Waals surface area contributed by atoms with Crippen molar-refractivity contribution in [3.63, 3.8) is 0 Å². The number of hydrogen-bond acceptors (Lipinski definition) is 6. The second-order valence-corrected chi connectivity index (χ2v) is 12.1. The Morgan fingerprint density at radius 1 is 1.31 bits per heavy atom. The Kier molecular flexibility index (Phi) is 6.50. The Labute approximate surface area is 209 Å². The molecule has 0 bridgehead atoms. The van der Waals surface area contributed by atoms with Crippen molar-refractivity contribution in [3.8, 4) is 16.9 Å². The lowest BCUT2D eigenvalue weighted by molar-refractivity contribution is 0.0707. The number of benzene rings is 1. The Hall–Kier alpha value is -2.98. The van der Waals surface area contributed by atoms with Crippen molar-refractivity contribution in [2.24, 2.45) is 0 Å². The fourth-order valence-corrected chi connectivity index (χ4v) is 7.23. The van der Waals surface area contributed by atoms with E-state index in [4.69, 9.17) is 9.47 Å². The van der Waals surface area contributed by atoms with Gasteiger partial charge in [-0.3, -0.25) is 9.78 Å². The van der Waals surface area contributed by atoms with Gasteiger partial charge in [0.05, 0.1) is 22.6 Å². The number of aromatic nitrogens is 2. The summed E-state index contributed by atoms with van der Waals surface area (Å²) in [5, 5.41) is 3.75. The van der Waals surface area contributed by atoms with Crippen molar-refractivity contribution in [1.29, 1.82) is 0 Å². The number of sulfone groups is 1.